The molecule has 0 unspecified atom stereocenters. The van der Waals surface area contributed by atoms with Crippen LogP contribution in [-0.4, -0.2) is 68.1 Å². The zero-order valence-corrected chi connectivity index (χ0v) is 24.0. The van der Waals surface area contributed by atoms with Gasteiger partial charge in [-0.05, 0) is 92.2 Å². The van der Waals surface area contributed by atoms with Crippen LogP contribution in [0.15, 0.2) is 60.7 Å². The van der Waals surface area contributed by atoms with E-state index < -0.39 is 0 Å². The van der Waals surface area contributed by atoms with E-state index >= 15 is 0 Å². The molecule has 0 aliphatic carbocycles. The summed E-state index contributed by atoms with van der Waals surface area (Å²) >= 11 is 13.0. The van der Waals surface area contributed by atoms with Crippen molar-refractivity contribution in [3.8, 4) is 5.75 Å². The van der Waals surface area contributed by atoms with Gasteiger partial charge in [-0.3, -0.25) is 9.69 Å². The number of methoxy groups -OCH3 is 1. The van der Waals surface area contributed by atoms with Crippen molar-refractivity contribution in [3.63, 3.8) is 0 Å². The Labute approximate surface area is 244 Å². The summed E-state index contributed by atoms with van der Waals surface area (Å²) in [7, 11) is 1.59. The van der Waals surface area contributed by atoms with Crippen molar-refractivity contribution >= 4 is 52.2 Å². The van der Waals surface area contributed by atoms with Gasteiger partial charge in [0.1, 0.15) is 5.75 Å². The molecule has 0 aromatic heterocycles. The molecule has 0 saturated carbocycles. The maximum absolute atomic E-state index is 13.0. The summed E-state index contributed by atoms with van der Waals surface area (Å²) in [6.07, 6.45) is 2.44. The molecule has 3 amide bonds. The van der Waals surface area contributed by atoms with Gasteiger partial charge in [-0.1, -0.05) is 23.2 Å². The molecule has 8 nitrogen and oxygen atoms in total. The molecule has 2 N–H and O–H groups in total. The fourth-order valence-electron chi connectivity index (χ4n) is 5.09. The summed E-state index contributed by atoms with van der Waals surface area (Å²) < 4.78 is 5.14. The topological polar surface area (TPSA) is 77.1 Å². The number of hydrogen-bond donors (Lipinski definition) is 2. The lowest BCUT2D eigenvalue weighted by molar-refractivity contribution is 0.102. The van der Waals surface area contributed by atoms with Gasteiger partial charge in [0.15, 0.2) is 0 Å². The molecule has 2 aliphatic rings. The Morgan fingerprint density at radius 3 is 2.05 bits per heavy atom. The Morgan fingerprint density at radius 1 is 0.825 bits per heavy atom. The number of likely N-dealkylation sites (tertiary alicyclic amines) is 1. The van der Waals surface area contributed by atoms with E-state index in [-0.39, 0.29) is 11.9 Å². The van der Waals surface area contributed by atoms with Crippen LogP contribution in [-0.2, 0) is 6.54 Å². The first-order chi connectivity index (χ1) is 19.4. The zero-order valence-electron chi connectivity index (χ0n) is 22.5. The van der Waals surface area contributed by atoms with Gasteiger partial charge >= 0.3 is 6.03 Å². The number of halogens is 2. The Morgan fingerprint density at radius 2 is 1.45 bits per heavy atom. The summed E-state index contributed by atoms with van der Waals surface area (Å²) in [4.78, 5) is 31.9. The van der Waals surface area contributed by atoms with Crippen LogP contribution in [0.4, 0.5) is 21.9 Å². The SMILES string of the molecule is COc1ccc(C(=O)Nc2ccc(N3CCN(C(=O)Nc4c(Cl)cc(CN5CCCC5)cc4Cl)CC3)cc2)cc1. The number of benzene rings is 3. The molecule has 40 heavy (non-hydrogen) atoms. The molecule has 10 heteroatoms. The third-order valence-corrected chi connectivity index (χ3v) is 7.94. The summed E-state index contributed by atoms with van der Waals surface area (Å²) in [6, 6.07) is 18.2. The number of ether oxygens (including phenoxy) is 1. The first-order valence-electron chi connectivity index (χ1n) is 13.5. The summed E-state index contributed by atoms with van der Waals surface area (Å²) in [5, 5.41) is 6.73. The Bertz CT molecular complexity index is 1310. The number of nitrogens with one attached hydrogen (secondary N) is 2. The molecule has 0 radical (unpaired) electrons. The molecule has 0 spiro atoms. The van der Waals surface area contributed by atoms with Crippen LogP contribution in [0.25, 0.3) is 0 Å². The third-order valence-electron chi connectivity index (χ3n) is 7.35. The minimum Gasteiger partial charge on any atom is -0.497 e. The quantitative estimate of drug-likeness (QED) is 0.347. The summed E-state index contributed by atoms with van der Waals surface area (Å²) in [5.41, 5.74) is 3.80. The van der Waals surface area contributed by atoms with Crippen molar-refractivity contribution in [1.82, 2.24) is 9.80 Å². The fourth-order valence-corrected chi connectivity index (χ4v) is 5.72. The minimum absolute atomic E-state index is 0.184. The molecule has 2 aliphatic heterocycles. The van der Waals surface area contributed by atoms with E-state index in [1.165, 1.54) is 12.8 Å². The van der Waals surface area contributed by atoms with Gasteiger partial charge in [0, 0.05) is 49.7 Å². The van der Waals surface area contributed by atoms with Crippen LogP contribution >= 0.6 is 23.2 Å². The smallest absolute Gasteiger partial charge is 0.322 e. The van der Waals surface area contributed by atoms with Crippen LogP contribution in [0.1, 0.15) is 28.8 Å². The number of carbonyl (C=O) groups excluding carboxylic acids is 2. The number of rotatable bonds is 7. The highest BCUT2D eigenvalue weighted by Gasteiger charge is 2.23. The van der Waals surface area contributed by atoms with E-state index in [0.717, 1.165) is 30.9 Å². The highest BCUT2D eigenvalue weighted by atomic mass is 35.5. The molecule has 0 bridgehead atoms. The van der Waals surface area contributed by atoms with Gasteiger partial charge in [-0.25, -0.2) is 4.79 Å². The number of carbonyl (C=O) groups is 2. The monoisotopic (exact) mass is 581 g/mol. The average molecular weight is 583 g/mol. The molecule has 3 aromatic rings. The number of piperazine rings is 1. The van der Waals surface area contributed by atoms with Gasteiger partial charge in [-0.15, -0.1) is 0 Å². The molecule has 0 atom stereocenters. The van der Waals surface area contributed by atoms with Crippen molar-refractivity contribution in [1.29, 1.82) is 0 Å². The molecule has 3 aromatic carbocycles. The third kappa shape index (κ3) is 6.81. The fraction of sp³-hybridized carbons (Fsp3) is 0.333. The lowest BCUT2D eigenvalue weighted by Gasteiger charge is -2.36. The van der Waals surface area contributed by atoms with E-state index in [4.69, 9.17) is 27.9 Å². The Kier molecular flexibility index (Phi) is 8.99. The normalized spacial score (nSPS) is 15.7. The van der Waals surface area contributed by atoms with Gasteiger partial charge in [0.05, 0.1) is 22.8 Å². The number of hydrogen-bond acceptors (Lipinski definition) is 5. The molecule has 2 fully saturated rings. The number of amides is 3. The first kappa shape index (κ1) is 28.1. The molecule has 210 valence electrons. The largest absolute Gasteiger partial charge is 0.497 e. The Balaban J connectivity index is 1.12. The molecule has 2 heterocycles. The summed E-state index contributed by atoms with van der Waals surface area (Å²) in [6.45, 7) is 5.47. The lowest BCUT2D eigenvalue weighted by atomic mass is 10.2. The van der Waals surface area contributed by atoms with Crippen LogP contribution in [0, 0.1) is 0 Å². The standard InChI is InChI=1S/C30H33Cl2N5O3/c1-40-25-10-4-22(5-11-25)29(38)33-23-6-8-24(9-7-23)36-14-16-37(17-15-36)30(39)34-28-26(31)18-21(19-27(28)32)20-35-12-2-3-13-35/h4-11,18-19H,2-3,12-17,20H2,1H3,(H,33,38)(H,34,39). The van der Waals surface area contributed by atoms with E-state index in [2.05, 4.69) is 20.4 Å². The number of nitrogens with zero attached hydrogens (tertiary/aromatic N) is 3. The predicted molar refractivity (Wildman–Crippen MR) is 161 cm³/mol. The number of urea groups is 1. The van der Waals surface area contributed by atoms with Crippen LogP contribution in [0.2, 0.25) is 10.0 Å². The second-order valence-electron chi connectivity index (χ2n) is 10.1. The molecular weight excluding hydrogens is 549 g/mol. The van der Waals surface area contributed by atoms with Crippen molar-refractivity contribution in [2.75, 3.05) is 61.9 Å². The number of anilines is 3. The van der Waals surface area contributed by atoms with Crippen LogP contribution < -0.4 is 20.3 Å². The lowest BCUT2D eigenvalue weighted by Crippen LogP contribution is -2.50. The molecular formula is C30H33Cl2N5O3. The van der Waals surface area contributed by atoms with E-state index in [1.807, 2.05) is 36.4 Å². The van der Waals surface area contributed by atoms with Crippen molar-refractivity contribution in [2.45, 2.75) is 19.4 Å². The van der Waals surface area contributed by atoms with Crippen molar-refractivity contribution < 1.29 is 14.3 Å². The van der Waals surface area contributed by atoms with Crippen LogP contribution in [0.3, 0.4) is 0 Å². The van der Waals surface area contributed by atoms with Gasteiger partial charge in [0.25, 0.3) is 5.91 Å². The van der Waals surface area contributed by atoms with Crippen molar-refractivity contribution in [3.05, 3.63) is 81.8 Å². The predicted octanol–water partition coefficient (Wildman–Crippen LogP) is 6.20. The van der Waals surface area contributed by atoms with Crippen molar-refractivity contribution in [2.24, 2.45) is 0 Å². The van der Waals surface area contributed by atoms with Crippen LogP contribution in [0.5, 0.6) is 5.75 Å². The highest BCUT2D eigenvalue weighted by molar-refractivity contribution is 6.39. The second-order valence-corrected chi connectivity index (χ2v) is 10.9. The van der Waals surface area contributed by atoms with E-state index in [1.54, 1.807) is 36.3 Å². The average Bonchev–Trinajstić information content (AvgIpc) is 3.48. The first-order valence-corrected chi connectivity index (χ1v) is 14.2. The second kappa shape index (κ2) is 12.8. The Hall–Kier alpha value is -3.46. The maximum Gasteiger partial charge on any atom is 0.322 e. The van der Waals surface area contributed by atoms with Gasteiger partial charge < -0.3 is 25.2 Å². The summed E-state index contributed by atoms with van der Waals surface area (Å²) in [5.74, 6) is 0.518. The van der Waals surface area contributed by atoms with E-state index in [0.29, 0.717) is 58.9 Å². The van der Waals surface area contributed by atoms with E-state index in [9.17, 15) is 9.59 Å². The molecule has 2 saturated heterocycles. The molecule has 5 rings (SSSR count). The maximum atomic E-state index is 13.0. The van der Waals surface area contributed by atoms with Gasteiger partial charge in [0.2, 0.25) is 0 Å². The van der Waals surface area contributed by atoms with Gasteiger partial charge in [-0.2, -0.15) is 0 Å². The zero-order chi connectivity index (χ0) is 28.1. The minimum atomic E-state index is -0.215. The highest BCUT2D eigenvalue weighted by Crippen LogP contribution is 2.33.